The third-order valence-corrected chi connectivity index (χ3v) is 6.48. The van der Waals surface area contributed by atoms with Gasteiger partial charge in [0, 0.05) is 24.7 Å². The number of fused-ring (bicyclic) bond motifs is 1. The molecule has 34 heavy (non-hydrogen) atoms. The molecule has 0 saturated carbocycles. The van der Waals surface area contributed by atoms with Gasteiger partial charge in [-0.05, 0) is 31.5 Å². The first-order valence-electron chi connectivity index (χ1n) is 10.8. The molecule has 3 rings (SSSR count). The van der Waals surface area contributed by atoms with Gasteiger partial charge in [0.15, 0.2) is 11.5 Å². The molecule has 1 atom stereocenters. The zero-order valence-electron chi connectivity index (χ0n) is 19.3. The molecule has 2 aromatic rings. The first-order valence-corrected chi connectivity index (χ1v) is 12.6. The minimum absolute atomic E-state index is 0.0113. The lowest BCUT2D eigenvalue weighted by atomic mass is 10.1. The number of nitrogens with zero attached hydrogens (tertiary/aromatic N) is 2. The molecule has 11 heteroatoms. The van der Waals surface area contributed by atoms with Crippen molar-refractivity contribution >= 4 is 27.5 Å². The van der Waals surface area contributed by atoms with Crippen molar-refractivity contribution in [3.8, 4) is 11.5 Å². The van der Waals surface area contributed by atoms with Crippen LogP contribution in [0.3, 0.4) is 0 Å². The van der Waals surface area contributed by atoms with Gasteiger partial charge >= 0.3 is 0 Å². The fraction of sp³-hybridized carbons (Fsp3) is 0.391. The quantitative estimate of drug-likeness (QED) is 0.544. The molecule has 0 bridgehead atoms. The maximum atomic E-state index is 14.4. The second-order valence-corrected chi connectivity index (χ2v) is 9.79. The van der Waals surface area contributed by atoms with Crippen LogP contribution in [0.1, 0.15) is 25.8 Å². The Morgan fingerprint density at radius 3 is 2.53 bits per heavy atom. The lowest BCUT2D eigenvalue weighted by Gasteiger charge is -2.31. The Bertz CT molecular complexity index is 1160. The van der Waals surface area contributed by atoms with Gasteiger partial charge < -0.3 is 19.7 Å². The molecule has 0 aromatic heterocycles. The van der Waals surface area contributed by atoms with Gasteiger partial charge in [0.1, 0.15) is 18.4 Å². The van der Waals surface area contributed by atoms with Crippen LogP contribution in [0.2, 0.25) is 0 Å². The molecule has 0 fully saturated rings. The number of hydrogen-bond donors (Lipinski definition) is 1. The van der Waals surface area contributed by atoms with E-state index >= 15 is 0 Å². The Morgan fingerprint density at radius 1 is 1.15 bits per heavy atom. The zero-order valence-corrected chi connectivity index (χ0v) is 20.1. The average Bonchev–Trinajstić information content (AvgIpc) is 3.27. The number of amides is 2. The normalized spacial score (nSPS) is 13.3. The predicted molar refractivity (Wildman–Crippen MR) is 124 cm³/mol. The van der Waals surface area contributed by atoms with Crippen LogP contribution in [0.15, 0.2) is 42.5 Å². The molecule has 0 spiro atoms. The van der Waals surface area contributed by atoms with Gasteiger partial charge in [-0.2, -0.15) is 0 Å². The highest BCUT2D eigenvalue weighted by Gasteiger charge is 2.31. The number of anilines is 1. The predicted octanol–water partition coefficient (Wildman–Crippen LogP) is 2.26. The van der Waals surface area contributed by atoms with Crippen LogP contribution in [0.5, 0.6) is 11.5 Å². The summed E-state index contributed by atoms with van der Waals surface area (Å²) in [5, 5.41) is 2.72. The maximum absolute atomic E-state index is 14.4. The number of benzene rings is 2. The zero-order chi connectivity index (χ0) is 24.9. The monoisotopic (exact) mass is 493 g/mol. The van der Waals surface area contributed by atoms with Crippen molar-refractivity contribution < 1.29 is 31.9 Å². The molecule has 1 aliphatic heterocycles. The summed E-state index contributed by atoms with van der Waals surface area (Å²) in [6.07, 6.45) is 1.68. The summed E-state index contributed by atoms with van der Waals surface area (Å²) < 4.78 is 51.0. The van der Waals surface area contributed by atoms with Gasteiger partial charge in [0.2, 0.25) is 28.6 Å². The second-order valence-electron chi connectivity index (χ2n) is 7.89. The highest BCUT2D eigenvalue weighted by Crippen LogP contribution is 2.36. The average molecular weight is 494 g/mol. The van der Waals surface area contributed by atoms with E-state index < -0.39 is 40.2 Å². The number of sulfonamides is 1. The summed E-state index contributed by atoms with van der Waals surface area (Å²) >= 11 is 0. The molecule has 1 aliphatic rings. The van der Waals surface area contributed by atoms with Crippen LogP contribution in [0, 0.1) is 5.82 Å². The summed E-state index contributed by atoms with van der Waals surface area (Å²) in [5.74, 6) is -0.789. The van der Waals surface area contributed by atoms with Gasteiger partial charge in [0.25, 0.3) is 0 Å². The summed E-state index contributed by atoms with van der Waals surface area (Å²) in [4.78, 5) is 27.2. The van der Waals surface area contributed by atoms with E-state index in [1.807, 2.05) is 6.92 Å². The third-order valence-electron chi connectivity index (χ3n) is 5.34. The van der Waals surface area contributed by atoms with Gasteiger partial charge in [-0.3, -0.25) is 13.9 Å². The largest absolute Gasteiger partial charge is 0.454 e. The highest BCUT2D eigenvalue weighted by molar-refractivity contribution is 7.92. The highest BCUT2D eigenvalue weighted by atomic mass is 32.2. The van der Waals surface area contributed by atoms with Crippen molar-refractivity contribution in [1.29, 1.82) is 0 Å². The summed E-state index contributed by atoms with van der Waals surface area (Å²) in [6, 6.07) is 9.48. The molecule has 0 saturated heterocycles. The number of carbonyl (C=O) groups is 2. The Kier molecular flexibility index (Phi) is 7.98. The minimum Gasteiger partial charge on any atom is -0.454 e. The Balaban J connectivity index is 1.91. The van der Waals surface area contributed by atoms with E-state index in [1.165, 1.54) is 42.2 Å². The number of nitrogens with one attached hydrogen (secondary N) is 1. The van der Waals surface area contributed by atoms with Crippen LogP contribution in [0.4, 0.5) is 10.1 Å². The molecule has 1 unspecified atom stereocenters. The maximum Gasteiger partial charge on any atom is 0.244 e. The Morgan fingerprint density at radius 2 is 1.85 bits per heavy atom. The van der Waals surface area contributed by atoms with Crippen LogP contribution in [-0.2, 0) is 26.2 Å². The molecule has 1 heterocycles. The number of ether oxygens (including phenoxy) is 2. The van der Waals surface area contributed by atoms with E-state index in [0.29, 0.717) is 24.5 Å². The van der Waals surface area contributed by atoms with Gasteiger partial charge in [0.05, 0.1) is 11.9 Å². The summed E-state index contributed by atoms with van der Waals surface area (Å²) in [7, 11) is -3.89. The first-order chi connectivity index (χ1) is 16.1. The fourth-order valence-corrected chi connectivity index (χ4v) is 4.28. The SMILES string of the molecule is CCCNC(=O)C(C)N(Cc1ccccc1F)C(=O)CN(c1ccc2c(c1)OCO2)S(C)(=O)=O. The van der Waals surface area contributed by atoms with Crippen LogP contribution < -0.4 is 19.1 Å². The minimum atomic E-state index is -3.89. The van der Waals surface area contributed by atoms with Crippen molar-refractivity contribution in [2.45, 2.75) is 32.9 Å². The van der Waals surface area contributed by atoms with Crippen molar-refractivity contribution in [2.24, 2.45) is 0 Å². The van der Waals surface area contributed by atoms with Crippen LogP contribution in [0.25, 0.3) is 0 Å². The molecule has 0 radical (unpaired) electrons. The third kappa shape index (κ3) is 5.96. The standard InChI is InChI=1S/C23H28FN3O6S/c1-4-11-25-23(29)16(2)26(13-17-7-5-6-8-19(17)24)22(28)14-27(34(3,30)31)18-9-10-20-21(12-18)33-15-32-20/h5-10,12,16H,4,11,13-15H2,1-3H3,(H,25,29). The van der Waals surface area contributed by atoms with Crippen molar-refractivity contribution in [3.63, 3.8) is 0 Å². The number of carbonyl (C=O) groups excluding carboxylic acids is 2. The molecular formula is C23H28FN3O6S. The summed E-state index contributed by atoms with van der Waals surface area (Å²) in [6.45, 7) is 3.05. The number of hydrogen-bond acceptors (Lipinski definition) is 6. The van der Waals surface area contributed by atoms with Crippen LogP contribution >= 0.6 is 0 Å². The molecule has 2 amide bonds. The van der Waals surface area contributed by atoms with Gasteiger partial charge in [-0.25, -0.2) is 12.8 Å². The van der Waals surface area contributed by atoms with E-state index in [0.717, 1.165) is 10.6 Å². The number of rotatable bonds is 10. The topological polar surface area (TPSA) is 105 Å². The van der Waals surface area contributed by atoms with Gasteiger partial charge in [-0.1, -0.05) is 25.1 Å². The lowest BCUT2D eigenvalue weighted by molar-refractivity contribution is -0.139. The molecule has 9 nitrogen and oxygen atoms in total. The van der Waals surface area contributed by atoms with E-state index in [1.54, 1.807) is 12.1 Å². The fourth-order valence-electron chi connectivity index (χ4n) is 3.44. The molecule has 2 aromatic carbocycles. The van der Waals surface area contributed by atoms with Crippen LogP contribution in [-0.4, -0.2) is 57.3 Å². The lowest BCUT2D eigenvalue weighted by Crippen LogP contribution is -2.51. The smallest absolute Gasteiger partial charge is 0.244 e. The molecule has 0 aliphatic carbocycles. The van der Waals surface area contributed by atoms with Crippen molar-refractivity contribution in [2.75, 3.05) is 30.4 Å². The Labute approximate surface area is 198 Å². The van der Waals surface area contributed by atoms with E-state index in [-0.39, 0.29) is 24.6 Å². The van der Waals surface area contributed by atoms with E-state index in [2.05, 4.69) is 5.32 Å². The number of halogens is 1. The van der Waals surface area contributed by atoms with Gasteiger partial charge in [-0.15, -0.1) is 0 Å². The Hall–Kier alpha value is -3.34. The molecule has 184 valence electrons. The second kappa shape index (κ2) is 10.7. The molecular weight excluding hydrogens is 465 g/mol. The molecule has 1 N–H and O–H groups in total. The first kappa shape index (κ1) is 25.3. The van der Waals surface area contributed by atoms with E-state index in [4.69, 9.17) is 9.47 Å². The van der Waals surface area contributed by atoms with Crippen molar-refractivity contribution in [1.82, 2.24) is 10.2 Å². The van der Waals surface area contributed by atoms with Crippen molar-refractivity contribution in [3.05, 3.63) is 53.8 Å². The van der Waals surface area contributed by atoms with E-state index in [9.17, 15) is 22.4 Å². The summed E-state index contributed by atoms with van der Waals surface area (Å²) in [5.41, 5.74) is 0.411.